The first-order valence-electron chi connectivity index (χ1n) is 9.83. The Morgan fingerprint density at radius 2 is 2.07 bits per heavy atom. The van der Waals surface area contributed by atoms with Crippen molar-refractivity contribution in [2.24, 2.45) is 10.9 Å². The fourth-order valence-corrected chi connectivity index (χ4v) is 4.43. The average Bonchev–Trinajstić information content (AvgIpc) is 3.10. The molecule has 0 bridgehead atoms. The van der Waals surface area contributed by atoms with E-state index in [4.69, 9.17) is 11.6 Å². The molecular weight excluding hydrogens is 517 g/mol. The maximum absolute atomic E-state index is 6.30. The van der Waals surface area contributed by atoms with Crippen molar-refractivity contribution in [3.05, 3.63) is 50.9 Å². The van der Waals surface area contributed by atoms with Crippen LogP contribution in [0.1, 0.15) is 29.1 Å². The van der Waals surface area contributed by atoms with E-state index in [1.807, 2.05) is 26.1 Å². The number of rotatable bonds is 6. The van der Waals surface area contributed by atoms with Crippen LogP contribution in [0, 0.1) is 12.8 Å². The lowest BCUT2D eigenvalue weighted by atomic mass is 9.96. The molecule has 2 heterocycles. The Labute approximate surface area is 200 Å². The van der Waals surface area contributed by atoms with Crippen LogP contribution < -0.4 is 5.32 Å². The molecule has 1 N–H and O–H groups in total. The Morgan fingerprint density at radius 1 is 1.34 bits per heavy atom. The number of aromatic nitrogens is 1. The molecule has 1 fully saturated rings. The van der Waals surface area contributed by atoms with E-state index >= 15 is 0 Å². The molecule has 0 amide bonds. The van der Waals surface area contributed by atoms with Crippen molar-refractivity contribution in [1.29, 1.82) is 0 Å². The SMILES string of the molecule is CN=C(NCC1CCN(Cc2ccccc2Cl)CC1)N(C)Cc1csc(C)n1.I. The van der Waals surface area contributed by atoms with Gasteiger partial charge in [-0.05, 0) is 50.4 Å². The van der Waals surface area contributed by atoms with Crippen LogP contribution in [0.3, 0.4) is 0 Å². The number of benzene rings is 1. The molecule has 1 aliphatic rings. The first-order valence-corrected chi connectivity index (χ1v) is 11.1. The Bertz CT molecular complexity index is 789. The minimum Gasteiger partial charge on any atom is -0.356 e. The zero-order valence-electron chi connectivity index (χ0n) is 17.4. The van der Waals surface area contributed by atoms with Gasteiger partial charge in [-0.3, -0.25) is 9.89 Å². The lowest BCUT2D eigenvalue weighted by Gasteiger charge is -2.33. The zero-order chi connectivity index (χ0) is 19.9. The highest BCUT2D eigenvalue weighted by Gasteiger charge is 2.20. The third-order valence-corrected chi connectivity index (χ3v) is 6.44. The Balaban J connectivity index is 0.00000300. The monoisotopic (exact) mass is 547 g/mol. The molecule has 29 heavy (non-hydrogen) atoms. The van der Waals surface area contributed by atoms with Crippen molar-refractivity contribution in [2.45, 2.75) is 32.9 Å². The summed E-state index contributed by atoms with van der Waals surface area (Å²) in [6.07, 6.45) is 2.40. The molecule has 0 spiro atoms. The fraction of sp³-hybridized carbons (Fsp3) is 0.524. The molecule has 0 radical (unpaired) electrons. The van der Waals surface area contributed by atoms with Gasteiger partial charge in [0.25, 0.3) is 0 Å². The molecule has 0 unspecified atom stereocenters. The van der Waals surface area contributed by atoms with Crippen LogP contribution in [0.4, 0.5) is 0 Å². The van der Waals surface area contributed by atoms with E-state index in [1.54, 1.807) is 11.3 Å². The average molecular weight is 548 g/mol. The number of piperidine rings is 1. The van der Waals surface area contributed by atoms with E-state index in [1.165, 1.54) is 18.4 Å². The maximum Gasteiger partial charge on any atom is 0.193 e. The van der Waals surface area contributed by atoms with Crippen molar-refractivity contribution in [3.63, 3.8) is 0 Å². The predicted octanol–water partition coefficient (Wildman–Crippen LogP) is 4.64. The second kappa shape index (κ2) is 12.1. The van der Waals surface area contributed by atoms with E-state index in [0.717, 1.165) is 54.4 Å². The Morgan fingerprint density at radius 3 is 2.69 bits per heavy atom. The Kier molecular flexibility index (Phi) is 10.1. The highest BCUT2D eigenvalue weighted by atomic mass is 127. The zero-order valence-corrected chi connectivity index (χ0v) is 21.3. The minimum absolute atomic E-state index is 0. The molecule has 1 saturated heterocycles. The van der Waals surface area contributed by atoms with E-state index in [0.29, 0.717) is 5.92 Å². The normalized spacial score (nSPS) is 15.8. The lowest BCUT2D eigenvalue weighted by Crippen LogP contribution is -2.43. The number of halogens is 2. The molecule has 1 aliphatic heterocycles. The summed E-state index contributed by atoms with van der Waals surface area (Å²) >= 11 is 8.00. The van der Waals surface area contributed by atoms with E-state index < -0.39 is 0 Å². The third-order valence-electron chi connectivity index (χ3n) is 5.25. The number of aryl methyl sites for hydroxylation is 1. The smallest absolute Gasteiger partial charge is 0.193 e. The van der Waals surface area contributed by atoms with Crippen molar-refractivity contribution in [2.75, 3.05) is 33.7 Å². The number of likely N-dealkylation sites (tertiary alicyclic amines) is 1. The van der Waals surface area contributed by atoms with Crippen molar-refractivity contribution < 1.29 is 0 Å². The van der Waals surface area contributed by atoms with Crippen LogP contribution in [0.5, 0.6) is 0 Å². The molecule has 0 saturated carbocycles. The molecule has 0 aliphatic carbocycles. The summed E-state index contributed by atoms with van der Waals surface area (Å²) in [5, 5.41) is 7.65. The van der Waals surface area contributed by atoms with Gasteiger partial charge < -0.3 is 10.2 Å². The predicted molar refractivity (Wildman–Crippen MR) is 135 cm³/mol. The van der Waals surface area contributed by atoms with Crippen LogP contribution in [0.2, 0.25) is 5.02 Å². The number of nitrogens with one attached hydrogen (secondary N) is 1. The molecule has 160 valence electrons. The van der Waals surface area contributed by atoms with Gasteiger partial charge in [0.2, 0.25) is 0 Å². The number of nitrogens with zero attached hydrogens (tertiary/aromatic N) is 4. The number of thiazole rings is 1. The molecule has 0 atom stereocenters. The lowest BCUT2D eigenvalue weighted by molar-refractivity contribution is 0.177. The summed E-state index contributed by atoms with van der Waals surface area (Å²) < 4.78 is 0. The van der Waals surface area contributed by atoms with Gasteiger partial charge in [-0.15, -0.1) is 35.3 Å². The first kappa shape index (κ1) is 24.4. The summed E-state index contributed by atoms with van der Waals surface area (Å²) in [5.74, 6) is 1.61. The summed E-state index contributed by atoms with van der Waals surface area (Å²) in [6.45, 7) is 6.96. The van der Waals surface area contributed by atoms with Crippen molar-refractivity contribution >= 4 is 52.9 Å². The van der Waals surface area contributed by atoms with Crippen molar-refractivity contribution in [3.8, 4) is 0 Å². The van der Waals surface area contributed by atoms with Crippen LogP contribution in [-0.4, -0.2) is 54.5 Å². The molecule has 1 aromatic carbocycles. The highest BCUT2D eigenvalue weighted by molar-refractivity contribution is 14.0. The van der Waals surface area contributed by atoms with Gasteiger partial charge >= 0.3 is 0 Å². The van der Waals surface area contributed by atoms with Gasteiger partial charge in [0, 0.05) is 37.6 Å². The maximum atomic E-state index is 6.30. The minimum atomic E-state index is 0. The number of hydrogen-bond acceptors (Lipinski definition) is 4. The van der Waals surface area contributed by atoms with Gasteiger partial charge in [0.05, 0.1) is 17.2 Å². The molecule has 2 aromatic rings. The quantitative estimate of drug-likeness (QED) is 0.325. The number of hydrogen-bond donors (Lipinski definition) is 1. The Hall–Kier alpha value is -0.900. The summed E-state index contributed by atoms with van der Waals surface area (Å²) in [6, 6.07) is 8.15. The van der Waals surface area contributed by atoms with Gasteiger partial charge in [-0.25, -0.2) is 4.98 Å². The van der Waals surface area contributed by atoms with Gasteiger partial charge in [0.15, 0.2) is 5.96 Å². The van der Waals surface area contributed by atoms with Gasteiger partial charge in [-0.2, -0.15) is 0 Å². The van der Waals surface area contributed by atoms with Crippen molar-refractivity contribution in [1.82, 2.24) is 20.1 Å². The fourth-order valence-electron chi connectivity index (χ4n) is 3.64. The summed E-state index contributed by atoms with van der Waals surface area (Å²) in [5.41, 5.74) is 2.32. The van der Waals surface area contributed by atoms with Gasteiger partial charge in [-0.1, -0.05) is 29.8 Å². The molecule has 8 heteroatoms. The summed E-state index contributed by atoms with van der Waals surface area (Å²) in [7, 11) is 3.91. The molecule has 3 rings (SSSR count). The van der Waals surface area contributed by atoms with Crippen LogP contribution >= 0.6 is 46.9 Å². The van der Waals surface area contributed by atoms with Crippen LogP contribution in [0.15, 0.2) is 34.6 Å². The number of aliphatic imine (C=N–C) groups is 1. The van der Waals surface area contributed by atoms with E-state index in [9.17, 15) is 0 Å². The van der Waals surface area contributed by atoms with E-state index in [2.05, 4.69) is 49.7 Å². The third kappa shape index (κ3) is 7.38. The largest absolute Gasteiger partial charge is 0.356 e. The van der Waals surface area contributed by atoms with Gasteiger partial charge in [0.1, 0.15) is 0 Å². The summed E-state index contributed by atoms with van der Waals surface area (Å²) in [4.78, 5) is 13.6. The van der Waals surface area contributed by atoms with E-state index in [-0.39, 0.29) is 24.0 Å². The standard InChI is InChI=1S/C21H30ClN5S.HI/c1-16-25-19(15-28-16)14-26(3)21(23-2)24-12-17-8-10-27(11-9-17)13-18-6-4-5-7-20(18)22;/h4-7,15,17H,8-14H2,1-3H3,(H,23,24);1H. The molecule has 5 nitrogen and oxygen atoms in total. The number of guanidine groups is 1. The second-order valence-electron chi connectivity index (χ2n) is 7.45. The highest BCUT2D eigenvalue weighted by Crippen LogP contribution is 2.22. The van der Waals surface area contributed by atoms with Crippen LogP contribution in [0.25, 0.3) is 0 Å². The topological polar surface area (TPSA) is 43.8 Å². The first-order chi connectivity index (χ1) is 13.5. The molecule has 1 aromatic heterocycles. The van der Waals surface area contributed by atoms with Crippen LogP contribution in [-0.2, 0) is 13.1 Å². The second-order valence-corrected chi connectivity index (χ2v) is 8.92. The molecular formula is C21H31ClIN5S.